The third-order valence-corrected chi connectivity index (χ3v) is 11.2. The highest BCUT2D eigenvalue weighted by molar-refractivity contribution is 7.87. The maximum absolute atomic E-state index is 15.6. The van der Waals surface area contributed by atoms with E-state index in [0.29, 0.717) is 64.1 Å². The van der Waals surface area contributed by atoms with Gasteiger partial charge in [-0.15, -0.1) is 6.58 Å². The van der Waals surface area contributed by atoms with E-state index >= 15 is 8.78 Å². The molecule has 3 aliphatic rings. The van der Waals surface area contributed by atoms with Crippen molar-refractivity contribution in [2.75, 3.05) is 65.7 Å². The molecular formula is C34H52F2N6O8S. The lowest BCUT2D eigenvalue weighted by atomic mass is 9.80. The maximum atomic E-state index is 15.6. The minimum Gasteiger partial charge on any atom is -0.384 e. The van der Waals surface area contributed by atoms with E-state index in [1.807, 2.05) is 4.90 Å². The highest BCUT2D eigenvalue weighted by Gasteiger charge is 2.52. The lowest BCUT2D eigenvalue weighted by Gasteiger charge is -2.37. The van der Waals surface area contributed by atoms with E-state index in [9.17, 15) is 27.9 Å². The number of halogens is 2. The molecule has 0 spiro atoms. The quantitative estimate of drug-likeness (QED) is 0.133. The first-order valence-corrected chi connectivity index (χ1v) is 19.1. The summed E-state index contributed by atoms with van der Waals surface area (Å²) in [5, 5.41) is 18.4. The van der Waals surface area contributed by atoms with Gasteiger partial charge < -0.3 is 30.5 Å². The number of nitrogens with zero attached hydrogens (tertiary/aromatic N) is 2. The number of nitrogens with one attached hydrogen (secondary N) is 4. The van der Waals surface area contributed by atoms with E-state index in [1.165, 1.54) is 10.4 Å². The number of amides is 3. The molecule has 1 aromatic rings. The zero-order chi connectivity index (χ0) is 36.9. The second-order valence-corrected chi connectivity index (χ2v) is 14.9. The van der Waals surface area contributed by atoms with Gasteiger partial charge in [-0.3, -0.25) is 19.3 Å². The van der Waals surface area contributed by atoms with Crippen molar-refractivity contribution in [2.45, 2.75) is 75.1 Å². The van der Waals surface area contributed by atoms with Crippen molar-refractivity contribution in [1.82, 2.24) is 29.9 Å². The molecule has 3 fully saturated rings. The number of rotatable bonds is 18. The zero-order valence-electron chi connectivity index (χ0n) is 28.9. The number of carbonyl (C=O) groups is 3. The third-order valence-electron chi connectivity index (χ3n) is 9.53. The molecule has 1 aromatic carbocycles. The summed E-state index contributed by atoms with van der Waals surface area (Å²) in [5.74, 6) is -8.15. The number of carbonyl (C=O) groups excluding carboxylic acids is 3. The Bertz CT molecular complexity index is 1390. The van der Waals surface area contributed by atoms with E-state index in [-0.39, 0.29) is 45.7 Å². The molecule has 51 heavy (non-hydrogen) atoms. The monoisotopic (exact) mass is 742 g/mol. The Kier molecular flexibility index (Phi) is 15.7. The molecule has 0 aromatic heterocycles. The Hall–Kier alpha value is -3.06. The van der Waals surface area contributed by atoms with Crippen LogP contribution < -0.4 is 20.7 Å². The van der Waals surface area contributed by atoms with Gasteiger partial charge in [-0.25, -0.2) is 0 Å². The predicted molar refractivity (Wildman–Crippen MR) is 185 cm³/mol. The SMILES string of the molecule is C=CC[C@H](NC(=O)[C@H](Cc1ccccc1)NS(=O)(=O)N1CCOCC1)C(=O)N[C@@H](C1CCCCC1)C(O)C(F)(F)C(=O)NCCN1CCOCC1. The van der Waals surface area contributed by atoms with Crippen LogP contribution in [0.3, 0.4) is 0 Å². The Balaban J connectivity index is 1.48. The molecule has 4 rings (SSSR count). The van der Waals surface area contributed by atoms with Crippen LogP contribution >= 0.6 is 0 Å². The zero-order valence-corrected chi connectivity index (χ0v) is 29.8. The van der Waals surface area contributed by atoms with Crippen molar-refractivity contribution in [2.24, 2.45) is 5.92 Å². The van der Waals surface area contributed by atoms with Crippen molar-refractivity contribution in [3.05, 3.63) is 48.6 Å². The van der Waals surface area contributed by atoms with Gasteiger partial charge in [0.2, 0.25) is 11.8 Å². The lowest BCUT2D eigenvalue weighted by Crippen LogP contribution is -2.63. The van der Waals surface area contributed by atoms with Gasteiger partial charge in [0.05, 0.1) is 32.5 Å². The third kappa shape index (κ3) is 12.0. The summed E-state index contributed by atoms with van der Waals surface area (Å²) >= 11 is 0. The van der Waals surface area contributed by atoms with Gasteiger partial charge in [0, 0.05) is 39.3 Å². The average molecular weight is 743 g/mol. The maximum Gasteiger partial charge on any atom is 0.351 e. The van der Waals surface area contributed by atoms with Crippen molar-refractivity contribution in [3.8, 4) is 0 Å². The lowest BCUT2D eigenvalue weighted by molar-refractivity contribution is -0.170. The van der Waals surface area contributed by atoms with Crippen molar-refractivity contribution in [3.63, 3.8) is 0 Å². The van der Waals surface area contributed by atoms with Crippen LogP contribution in [0.1, 0.15) is 44.1 Å². The molecular weight excluding hydrogens is 690 g/mol. The van der Waals surface area contributed by atoms with Crippen LogP contribution in [-0.2, 0) is 40.5 Å². The molecule has 0 radical (unpaired) electrons. The number of morpholine rings is 2. The molecule has 5 N–H and O–H groups in total. The predicted octanol–water partition coefficient (Wildman–Crippen LogP) is 0.335. The molecule has 1 unspecified atom stereocenters. The van der Waals surface area contributed by atoms with Crippen LogP contribution in [0.2, 0.25) is 0 Å². The minimum absolute atomic E-state index is 0.0467. The number of alkyl halides is 2. The van der Waals surface area contributed by atoms with Gasteiger partial charge in [0.25, 0.3) is 16.1 Å². The summed E-state index contributed by atoms with van der Waals surface area (Å²) in [7, 11) is -4.14. The fraction of sp³-hybridized carbons (Fsp3) is 0.676. The van der Waals surface area contributed by atoms with E-state index < -0.39 is 64.0 Å². The van der Waals surface area contributed by atoms with Gasteiger partial charge in [-0.1, -0.05) is 55.7 Å². The van der Waals surface area contributed by atoms with E-state index in [4.69, 9.17) is 9.47 Å². The molecule has 2 saturated heterocycles. The largest absolute Gasteiger partial charge is 0.384 e. The van der Waals surface area contributed by atoms with Gasteiger partial charge in [0.1, 0.15) is 18.2 Å². The number of aliphatic hydroxyl groups excluding tert-OH is 1. The molecule has 3 amide bonds. The van der Waals surface area contributed by atoms with Crippen molar-refractivity contribution in [1.29, 1.82) is 0 Å². The summed E-state index contributed by atoms with van der Waals surface area (Å²) < 4.78 is 71.9. The van der Waals surface area contributed by atoms with Gasteiger partial charge in [-0.05, 0) is 37.2 Å². The van der Waals surface area contributed by atoms with Crippen molar-refractivity contribution >= 4 is 27.9 Å². The van der Waals surface area contributed by atoms with E-state index in [1.54, 1.807) is 30.3 Å². The van der Waals surface area contributed by atoms with Crippen LogP contribution in [0.4, 0.5) is 8.78 Å². The minimum atomic E-state index is -4.24. The molecule has 2 aliphatic heterocycles. The Morgan fingerprint density at radius 3 is 2.18 bits per heavy atom. The van der Waals surface area contributed by atoms with Crippen LogP contribution in [0.15, 0.2) is 43.0 Å². The highest BCUT2D eigenvalue weighted by atomic mass is 32.2. The van der Waals surface area contributed by atoms with Crippen LogP contribution in [0.5, 0.6) is 0 Å². The molecule has 4 atom stereocenters. The van der Waals surface area contributed by atoms with Crippen molar-refractivity contribution < 1.29 is 46.2 Å². The molecule has 1 saturated carbocycles. The summed E-state index contributed by atoms with van der Waals surface area (Å²) in [5.41, 5.74) is 0.651. The van der Waals surface area contributed by atoms with E-state index in [0.717, 1.165) is 6.42 Å². The Morgan fingerprint density at radius 1 is 0.941 bits per heavy atom. The highest BCUT2D eigenvalue weighted by Crippen LogP contribution is 2.33. The van der Waals surface area contributed by atoms with E-state index in [2.05, 4.69) is 27.3 Å². The Labute approximate surface area is 298 Å². The first-order valence-electron chi connectivity index (χ1n) is 17.7. The number of aliphatic hydroxyl groups is 1. The fourth-order valence-electron chi connectivity index (χ4n) is 6.59. The second-order valence-electron chi connectivity index (χ2n) is 13.2. The van der Waals surface area contributed by atoms with Gasteiger partial charge in [-0.2, -0.15) is 26.2 Å². The average Bonchev–Trinajstić information content (AvgIpc) is 3.14. The van der Waals surface area contributed by atoms with Crippen LogP contribution in [0, 0.1) is 5.92 Å². The van der Waals surface area contributed by atoms with Gasteiger partial charge in [0.15, 0.2) is 0 Å². The normalized spacial score (nSPS) is 20.8. The fourth-order valence-corrected chi connectivity index (χ4v) is 7.92. The summed E-state index contributed by atoms with van der Waals surface area (Å²) in [4.78, 5) is 42.2. The first-order chi connectivity index (χ1) is 24.4. The summed E-state index contributed by atoms with van der Waals surface area (Å²) in [6, 6.07) is 4.51. The van der Waals surface area contributed by atoms with Gasteiger partial charge >= 0.3 is 5.92 Å². The topological polar surface area (TPSA) is 179 Å². The number of ether oxygens (including phenoxy) is 2. The Morgan fingerprint density at radius 2 is 1.55 bits per heavy atom. The van der Waals surface area contributed by atoms with Crippen LogP contribution in [-0.4, -0.2) is 136 Å². The summed E-state index contributed by atoms with van der Waals surface area (Å²) in [6.07, 6.45) is 1.76. The molecule has 17 heteroatoms. The molecule has 0 bridgehead atoms. The standard InChI is InChI=1S/C34H52F2N6O8S/c1-2-9-27(38-32(45)28(24-25-10-5-3-6-11-25)40-51(47,48)42-18-22-50-23-19-42)31(44)39-29(26-12-7-4-8-13-26)30(43)34(35,36)33(46)37-14-15-41-16-20-49-21-17-41/h2-3,5-6,10-11,26-30,40,43H,1,4,7-9,12-24H2,(H,37,46)(H,38,45)(H,39,44)/t27-,28-,29-,30?/m0/s1. The molecule has 286 valence electrons. The second kappa shape index (κ2) is 19.7. The molecule has 14 nitrogen and oxygen atoms in total. The first kappa shape index (κ1) is 40.7. The number of hydrogen-bond acceptors (Lipinski definition) is 9. The summed E-state index contributed by atoms with van der Waals surface area (Å²) in [6.45, 7) is 6.76. The smallest absolute Gasteiger partial charge is 0.351 e. The molecule has 1 aliphatic carbocycles. The molecule has 2 heterocycles. The van der Waals surface area contributed by atoms with Crippen LogP contribution in [0.25, 0.3) is 0 Å². The number of benzene rings is 1. The number of hydrogen-bond donors (Lipinski definition) is 5.